The van der Waals surface area contributed by atoms with Crippen molar-refractivity contribution in [1.82, 2.24) is 15.0 Å². The molecule has 1 atom stereocenters. The maximum Gasteiger partial charge on any atom is 0.249 e. The predicted octanol–water partition coefficient (Wildman–Crippen LogP) is 2.23. The zero-order valence-electron chi connectivity index (χ0n) is 14.5. The minimum absolute atomic E-state index is 0.0826. The minimum Gasteiger partial charge on any atom is -0.397 e. The Morgan fingerprint density at radius 2 is 2.00 bits per heavy atom. The first kappa shape index (κ1) is 15.8. The van der Waals surface area contributed by atoms with E-state index in [1.807, 2.05) is 13.0 Å². The van der Waals surface area contributed by atoms with Gasteiger partial charge in [0.1, 0.15) is 11.7 Å². The van der Waals surface area contributed by atoms with E-state index in [2.05, 4.69) is 14.9 Å². The van der Waals surface area contributed by atoms with E-state index >= 15 is 0 Å². The Bertz CT molecular complexity index is 817. The number of pyridine rings is 1. The number of anilines is 3. The molecule has 7 heteroatoms. The van der Waals surface area contributed by atoms with Crippen LogP contribution in [0, 0.1) is 0 Å². The van der Waals surface area contributed by atoms with Crippen LogP contribution in [0.3, 0.4) is 0 Å². The van der Waals surface area contributed by atoms with Crippen molar-refractivity contribution in [3.05, 3.63) is 24.7 Å². The standard InChI is InChI=1S/C18H22N6O/c1-11-18(25)23(2)15-10-21-16(13-7-8-20-9-14(13)19)22-17(15)24(11)12-5-3-4-6-12/h7-12H,3-6,19H2,1-2H3/t11-/m1/s1. The number of hydrogen-bond acceptors (Lipinski definition) is 6. The Labute approximate surface area is 146 Å². The molecule has 1 amide bonds. The Morgan fingerprint density at radius 1 is 1.24 bits per heavy atom. The lowest BCUT2D eigenvalue weighted by molar-refractivity contribution is -0.119. The molecule has 1 aliphatic carbocycles. The monoisotopic (exact) mass is 338 g/mol. The first-order valence-corrected chi connectivity index (χ1v) is 8.70. The highest BCUT2D eigenvalue weighted by molar-refractivity contribution is 6.04. The van der Waals surface area contributed by atoms with Crippen LogP contribution in [0.25, 0.3) is 11.4 Å². The van der Waals surface area contributed by atoms with Crippen LogP contribution in [0.15, 0.2) is 24.7 Å². The van der Waals surface area contributed by atoms with Gasteiger partial charge in [-0.25, -0.2) is 9.97 Å². The normalized spacial score (nSPS) is 20.9. The number of nitrogens with zero attached hydrogens (tertiary/aromatic N) is 5. The smallest absolute Gasteiger partial charge is 0.249 e. The third kappa shape index (κ3) is 2.50. The minimum atomic E-state index is -0.224. The molecule has 1 aliphatic heterocycles. The Kier molecular flexibility index (Phi) is 3.78. The molecule has 0 radical (unpaired) electrons. The van der Waals surface area contributed by atoms with Gasteiger partial charge in [-0.1, -0.05) is 12.8 Å². The van der Waals surface area contributed by atoms with E-state index in [-0.39, 0.29) is 11.9 Å². The van der Waals surface area contributed by atoms with Crippen LogP contribution in [-0.2, 0) is 4.79 Å². The number of carbonyl (C=O) groups is 1. The lowest BCUT2D eigenvalue weighted by atomic mass is 10.1. The predicted molar refractivity (Wildman–Crippen MR) is 97.3 cm³/mol. The Balaban J connectivity index is 1.85. The van der Waals surface area contributed by atoms with Gasteiger partial charge in [0.05, 0.1) is 18.1 Å². The maximum absolute atomic E-state index is 12.7. The molecule has 25 heavy (non-hydrogen) atoms. The molecule has 3 heterocycles. The van der Waals surface area contributed by atoms with Crippen LogP contribution in [0.1, 0.15) is 32.6 Å². The fourth-order valence-corrected chi connectivity index (χ4v) is 3.91. The molecule has 0 unspecified atom stereocenters. The molecule has 4 rings (SSSR count). The van der Waals surface area contributed by atoms with Gasteiger partial charge in [0, 0.05) is 24.8 Å². The Hall–Kier alpha value is -2.70. The van der Waals surface area contributed by atoms with Crippen LogP contribution in [-0.4, -0.2) is 40.0 Å². The number of amides is 1. The van der Waals surface area contributed by atoms with E-state index in [4.69, 9.17) is 10.7 Å². The molecule has 1 saturated carbocycles. The van der Waals surface area contributed by atoms with Crippen molar-refractivity contribution in [2.24, 2.45) is 0 Å². The van der Waals surface area contributed by atoms with E-state index in [1.54, 1.807) is 30.5 Å². The largest absolute Gasteiger partial charge is 0.397 e. The van der Waals surface area contributed by atoms with Crippen LogP contribution >= 0.6 is 0 Å². The van der Waals surface area contributed by atoms with Gasteiger partial charge in [0.15, 0.2) is 11.6 Å². The number of aromatic nitrogens is 3. The third-order valence-electron chi connectivity index (χ3n) is 5.27. The van der Waals surface area contributed by atoms with Gasteiger partial charge in [-0.3, -0.25) is 9.78 Å². The van der Waals surface area contributed by atoms with Gasteiger partial charge in [0.25, 0.3) is 0 Å². The van der Waals surface area contributed by atoms with Crippen molar-refractivity contribution in [2.75, 3.05) is 22.6 Å². The average molecular weight is 338 g/mol. The van der Waals surface area contributed by atoms with Crippen LogP contribution in [0.2, 0.25) is 0 Å². The van der Waals surface area contributed by atoms with Gasteiger partial charge in [-0.15, -0.1) is 0 Å². The van der Waals surface area contributed by atoms with Crippen molar-refractivity contribution in [2.45, 2.75) is 44.7 Å². The lowest BCUT2D eigenvalue weighted by Crippen LogP contribution is -2.54. The highest BCUT2D eigenvalue weighted by atomic mass is 16.2. The molecule has 2 aromatic rings. The second-order valence-electron chi connectivity index (χ2n) is 6.78. The third-order valence-corrected chi connectivity index (χ3v) is 5.27. The van der Waals surface area contributed by atoms with Gasteiger partial charge in [-0.05, 0) is 25.8 Å². The number of hydrogen-bond donors (Lipinski definition) is 1. The number of fused-ring (bicyclic) bond motifs is 1. The molecule has 0 saturated heterocycles. The molecule has 0 spiro atoms. The van der Waals surface area contributed by atoms with Crippen molar-refractivity contribution in [3.63, 3.8) is 0 Å². The molecule has 2 N–H and O–H groups in total. The van der Waals surface area contributed by atoms with Crippen LogP contribution < -0.4 is 15.5 Å². The van der Waals surface area contributed by atoms with Crippen molar-refractivity contribution in [1.29, 1.82) is 0 Å². The molecule has 0 bridgehead atoms. The van der Waals surface area contributed by atoms with E-state index in [0.29, 0.717) is 17.6 Å². The number of carbonyl (C=O) groups excluding carboxylic acids is 1. The van der Waals surface area contributed by atoms with Gasteiger partial charge >= 0.3 is 0 Å². The van der Waals surface area contributed by atoms with Crippen LogP contribution in [0.5, 0.6) is 0 Å². The number of rotatable bonds is 2. The molecule has 130 valence electrons. The first-order chi connectivity index (χ1) is 12.1. The van der Waals surface area contributed by atoms with Crippen LogP contribution in [0.4, 0.5) is 17.2 Å². The zero-order valence-corrected chi connectivity index (χ0v) is 14.5. The summed E-state index contributed by atoms with van der Waals surface area (Å²) < 4.78 is 0. The molecule has 1 fully saturated rings. The topological polar surface area (TPSA) is 88.2 Å². The first-order valence-electron chi connectivity index (χ1n) is 8.70. The summed E-state index contributed by atoms with van der Waals surface area (Å²) in [6.07, 6.45) is 9.59. The summed E-state index contributed by atoms with van der Waals surface area (Å²) in [5.74, 6) is 1.47. The SMILES string of the molecule is C[C@@H]1C(=O)N(C)c2cnc(-c3ccncc3N)nc2N1C1CCCC1. The highest BCUT2D eigenvalue weighted by Crippen LogP contribution is 2.39. The molecule has 0 aromatic carbocycles. The van der Waals surface area contributed by atoms with E-state index < -0.39 is 0 Å². The van der Waals surface area contributed by atoms with Gasteiger partial charge < -0.3 is 15.5 Å². The summed E-state index contributed by atoms with van der Waals surface area (Å²) in [6.45, 7) is 1.96. The molecular formula is C18H22N6O. The summed E-state index contributed by atoms with van der Waals surface area (Å²) >= 11 is 0. The maximum atomic E-state index is 12.7. The van der Waals surface area contributed by atoms with Gasteiger partial charge in [0.2, 0.25) is 5.91 Å². The summed E-state index contributed by atoms with van der Waals surface area (Å²) in [4.78, 5) is 29.8. The summed E-state index contributed by atoms with van der Waals surface area (Å²) in [7, 11) is 1.79. The van der Waals surface area contributed by atoms with Crippen molar-refractivity contribution < 1.29 is 4.79 Å². The number of likely N-dealkylation sites (N-methyl/N-ethyl adjacent to an activating group) is 1. The lowest BCUT2D eigenvalue weighted by Gasteiger charge is -2.42. The number of nitrogen functional groups attached to an aromatic ring is 1. The molecule has 7 nitrogen and oxygen atoms in total. The summed E-state index contributed by atoms with van der Waals surface area (Å²) in [5.41, 5.74) is 8.10. The second-order valence-corrected chi connectivity index (χ2v) is 6.78. The molecule has 2 aliphatic rings. The summed E-state index contributed by atoms with van der Waals surface area (Å²) in [6, 6.07) is 1.94. The van der Waals surface area contributed by atoms with E-state index in [9.17, 15) is 4.79 Å². The van der Waals surface area contributed by atoms with E-state index in [1.165, 1.54) is 12.8 Å². The zero-order chi connectivity index (χ0) is 17.6. The second kappa shape index (κ2) is 5.98. The molecular weight excluding hydrogens is 316 g/mol. The van der Waals surface area contributed by atoms with Crippen molar-refractivity contribution in [3.8, 4) is 11.4 Å². The summed E-state index contributed by atoms with van der Waals surface area (Å²) in [5, 5.41) is 0. The highest BCUT2D eigenvalue weighted by Gasteiger charge is 2.39. The average Bonchev–Trinajstić information content (AvgIpc) is 3.14. The Morgan fingerprint density at radius 3 is 2.72 bits per heavy atom. The van der Waals surface area contributed by atoms with Gasteiger partial charge in [-0.2, -0.15) is 0 Å². The van der Waals surface area contributed by atoms with Crippen molar-refractivity contribution >= 4 is 23.1 Å². The molecule has 2 aromatic heterocycles. The quantitative estimate of drug-likeness (QED) is 0.903. The van der Waals surface area contributed by atoms with E-state index in [0.717, 1.165) is 29.9 Å². The number of nitrogens with two attached hydrogens (primary N) is 1. The fourth-order valence-electron chi connectivity index (χ4n) is 3.91. The fraction of sp³-hybridized carbons (Fsp3) is 0.444.